The van der Waals surface area contributed by atoms with Crippen LogP contribution in [0.2, 0.25) is 0 Å². The molecule has 1 amide bonds. The van der Waals surface area contributed by atoms with E-state index in [1.54, 1.807) is 6.20 Å². The third-order valence-corrected chi connectivity index (χ3v) is 3.61. The highest BCUT2D eigenvalue weighted by Gasteiger charge is 2.08. The molecular formula is C12H14IN5O. The van der Waals surface area contributed by atoms with Crippen molar-refractivity contribution >= 4 is 40.5 Å². The molecule has 100 valence electrons. The highest BCUT2D eigenvalue weighted by molar-refractivity contribution is 14.1. The van der Waals surface area contributed by atoms with E-state index in [0.717, 1.165) is 15.0 Å². The minimum absolute atomic E-state index is 0.125. The molecule has 7 heteroatoms. The second kappa shape index (κ2) is 5.91. The molecule has 0 fully saturated rings. The molecule has 0 aromatic carbocycles. The summed E-state index contributed by atoms with van der Waals surface area (Å²) in [4.78, 5) is 21.6. The lowest BCUT2D eigenvalue weighted by Gasteiger charge is -1.98. The average Bonchev–Trinajstić information content (AvgIpc) is 2.92. The monoisotopic (exact) mass is 371 g/mol. The second-order valence-corrected chi connectivity index (χ2v) is 5.09. The fraction of sp³-hybridized carbons (Fsp3) is 0.167. The van der Waals surface area contributed by atoms with E-state index >= 15 is 0 Å². The Morgan fingerprint density at radius 3 is 2.95 bits per heavy atom. The Kier molecular flexibility index (Phi) is 4.25. The van der Waals surface area contributed by atoms with Gasteiger partial charge in [-0.15, -0.1) is 0 Å². The minimum Gasteiger partial charge on any atom is -0.369 e. The predicted molar refractivity (Wildman–Crippen MR) is 82.6 cm³/mol. The number of aromatic amines is 2. The molecule has 0 aliphatic rings. The Bertz CT molecular complexity index is 594. The van der Waals surface area contributed by atoms with Gasteiger partial charge in [0.15, 0.2) is 5.95 Å². The number of aryl methyl sites for hydroxylation is 1. The van der Waals surface area contributed by atoms with Gasteiger partial charge in [0.25, 0.3) is 5.91 Å². The molecule has 0 aliphatic carbocycles. The Morgan fingerprint density at radius 1 is 1.58 bits per heavy atom. The zero-order valence-corrected chi connectivity index (χ0v) is 12.5. The lowest BCUT2D eigenvalue weighted by atomic mass is 10.3. The van der Waals surface area contributed by atoms with Gasteiger partial charge in [-0.1, -0.05) is 6.08 Å². The molecule has 0 saturated heterocycles. The number of nitrogens with one attached hydrogen (secondary N) is 3. The number of amides is 1. The lowest BCUT2D eigenvalue weighted by molar-refractivity contribution is 0.0953. The largest absolute Gasteiger partial charge is 0.369 e. The number of H-pyrrole nitrogens is 2. The van der Waals surface area contributed by atoms with Crippen LogP contribution in [0.3, 0.4) is 0 Å². The summed E-state index contributed by atoms with van der Waals surface area (Å²) >= 11 is 2.16. The van der Waals surface area contributed by atoms with Gasteiger partial charge in [-0.2, -0.15) is 0 Å². The van der Waals surface area contributed by atoms with E-state index in [-0.39, 0.29) is 5.91 Å². The summed E-state index contributed by atoms with van der Waals surface area (Å²) in [7, 11) is 0. The van der Waals surface area contributed by atoms with Crippen molar-refractivity contribution in [2.24, 2.45) is 0 Å². The van der Waals surface area contributed by atoms with Crippen molar-refractivity contribution in [3.8, 4) is 0 Å². The van der Waals surface area contributed by atoms with Crippen LogP contribution in [-0.2, 0) is 0 Å². The van der Waals surface area contributed by atoms with Gasteiger partial charge in [0, 0.05) is 6.54 Å². The van der Waals surface area contributed by atoms with Crippen LogP contribution in [0.5, 0.6) is 0 Å². The number of nitrogen functional groups attached to an aromatic ring is 1. The van der Waals surface area contributed by atoms with Gasteiger partial charge in [-0.3, -0.25) is 4.79 Å². The van der Waals surface area contributed by atoms with Crippen LogP contribution in [0.4, 0.5) is 5.95 Å². The van der Waals surface area contributed by atoms with E-state index in [2.05, 4.69) is 42.9 Å². The van der Waals surface area contributed by atoms with Crippen molar-refractivity contribution in [1.82, 2.24) is 20.3 Å². The zero-order chi connectivity index (χ0) is 13.8. The quantitative estimate of drug-likeness (QED) is 0.616. The van der Waals surface area contributed by atoms with Crippen molar-refractivity contribution in [2.75, 3.05) is 12.3 Å². The third-order valence-electron chi connectivity index (χ3n) is 2.49. The number of aromatic nitrogens is 3. The molecule has 2 heterocycles. The summed E-state index contributed by atoms with van der Waals surface area (Å²) in [6, 6.07) is 1.83. The number of rotatable bonds is 4. The molecule has 5 N–H and O–H groups in total. The first-order valence-corrected chi connectivity index (χ1v) is 6.74. The summed E-state index contributed by atoms with van der Waals surface area (Å²) in [6.45, 7) is 2.39. The number of carbonyl (C=O) groups excluding carboxylic acids is 1. The van der Waals surface area contributed by atoms with Crippen molar-refractivity contribution < 1.29 is 4.79 Å². The van der Waals surface area contributed by atoms with E-state index < -0.39 is 0 Å². The number of nitrogens with zero attached hydrogens (tertiary/aromatic N) is 1. The van der Waals surface area contributed by atoms with E-state index in [4.69, 9.17) is 5.73 Å². The SMILES string of the molecule is Cc1cc(C(=O)NC/C=C/c2cnc(N)[nH]2)[nH]c1I. The average molecular weight is 371 g/mol. The second-order valence-electron chi connectivity index (χ2n) is 4.02. The Balaban J connectivity index is 1.85. The molecule has 2 rings (SSSR count). The van der Waals surface area contributed by atoms with Crippen LogP contribution >= 0.6 is 22.6 Å². The van der Waals surface area contributed by atoms with Crippen molar-refractivity contribution in [3.05, 3.63) is 39.0 Å². The number of imidazole rings is 1. The highest BCUT2D eigenvalue weighted by Crippen LogP contribution is 2.11. The maximum Gasteiger partial charge on any atom is 0.267 e. The van der Waals surface area contributed by atoms with E-state index in [1.165, 1.54) is 0 Å². The number of hydrogen-bond acceptors (Lipinski definition) is 3. The number of anilines is 1. The van der Waals surface area contributed by atoms with Crippen LogP contribution < -0.4 is 11.1 Å². The Hall–Kier alpha value is -1.77. The molecule has 0 radical (unpaired) electrons. The first-order chi connectivity index (χ1) is 9.06. The Labute approximate surface area is 124 Å². The molecule has 0 saturated carbocycles. The molecule has 19 heavy (non-hydrogen) atoms. The zero-order valence-electron chi connectivity index (χ0n) is 10.3. The summed E-state index contributed by atoms with van der Waals surface area (Å²) in [6.07, 6.45) is 5.27. The van der Waals surface area contributed by atoms with Gasteiger partial charge in [0.2, 0.25) is 0 Å². The molecule has 0 aliphatic heterocycles. The number of nitrogens with two attached hydrogens (primary N) is 1. The lowest BCUT2D eigenvalue weighted by Crippen LogP contribution is -2.23. The van der Waals surface area contributed by atoms with Crippen molar-refractivity contribution in [1.29, 1.82) is 0 Å². The third kappa shape index (κ3) is 3.60. The smallest absolute Gasteiger partial charge is 0.267 e. The van der Waals surface area contributed by atoms with Gasteiger partial charge in [0.05, 0.1) is 15.6 Å². The summed E-state index contributed by atoms with van der Waals surface area (Å²) in [5.41, 5.74) is 7.89. The first kappa shape index (κ1) is 13.7. The first-order valence-electron chi connectivity index (χ1n) is 5.66. The summed E-state index contributed by atoms with van der Waals surface area (Å²) in [5, 5.41) is 2.79. The maximum absolute atomic E-state index is 11.8. The van der Waals surface area contributed by atoms with Crippen LogP contribution in [0.15, 0.2) is 18.3 Å². The number of hydrogen-bond donors (Lipinski definition) is 4. The van der Waals surface area contributed by atoms with E-state index in [9.17, 15) is 4.79 Å². The van der Waals surface area contributed by atoms with E-state index in [0.29, 0.717) is 18.2 Å². The van der Waals surface area contributed by atoms with Gasteiger partial charge in [-0.05, 0) is 47.2 Å². The molecule has 2 aromatic rings. The molecule has 2 aromatic heterocycles. The fourth-order valence-corrected chi connectivity index (χ4v) is 1.97. The topological polar surface area (TPSA) is 99.6 Å². The summed E-state index contributed by atoms with van der Waals surface area (Å²) < 4.78 is 0.978. The highest BCUT2D eigenvalue weighted by atomic mass is 127. The van der Waals surface area contributed by atoms with Gasteiger partial charge in [0.1, 0.15) is 5.69 Å². The molecule has 0 spiro atoms. The van der Waals surface area contributed by atoms with Crippen molar-refractivity contribution in [3.63, 3.8) is 0 Å². The van der Waals surface area contributed by atoms with Gasteiger partial charge >= 0.3 is 0 Å². The predicted octanol–water partition coefficient (Wildman–Crippen LogP) is 1.68. The molecule has 0 unspecified atom stereocenters. The molecule has 0 bridgehead atoms. The normalized spacial score (nSPS) is 11.1. The standard InChI is InChI=1S/C12H14IN5O/c1-7-5-9(18-10(7)13)11(19)15-4-2-3-8-6-16-12(14)17-8/h2-3,5-6,18H,4H2,1H3,(H,15,19)(H3,14,16,17)/b3-2+. The molecular weight excluding hydrogens is 357 g/mol. The van der Waals surface area contributed by atoms with Crippen LogP contribution in [0.1, 0.15) is 21.7 Å². The number of halogens is 1. The van der Waals surface area contributed by atoms with Crippen LogP contribution in [0, 0.1) is 10.6 Å². The van der Waals surface area contributed by atoms with Gasteiger partial charge < -0.3 is 21.0 Å². The van der Waals surface area contributed by atoms with E-state index in [1.807, 2.05) is 25.1 Å². The molecule has 0 atom stereocenters. The van der Waals surface area contributed by atoms with Crippen LogP contribution in [-0.4, -0.2) is 27.4 Å². The maximum atomic E-state index is 11.8. The fourth-order valence-electron chi connectivity index (χ4n) is 1.52. The summed E-state index contributed by atoms with van der Waals surface area (Å²) in [5.74, 6) is 0.250. The Morgan fingerprint density at radius 2 is 2.37 bits per heavy atom. The minimum atomic E-state index is -0.125. The van der Waals surface area contributed by atoms with Gasteiger partial charge in [-0.25, -0.2) is 4.98 Å². The van der Waals surface area contributed by atoms with Crippen molar-refractivity contribution in [2.45, 2.75) is 6.92 Å². The number of carbonyl (C=O) groups is 1. The van der Waals surface area contributed by atoms with Crippen LogP contribution in [0.25, 0.3) is 6.08 Å². The molecule has 6 nitrogen and oxygen atoms in total.